The molecule has 13 heavy (non-hydrogen) atoms. The Kier molecular flexibility index (Phi) is 10.1. The Hall–Kier alpha value is 0.870. The zero-order valence-electron chi connectivity index (χ0n) is 8.24. The van der Waals surface area contributed by atoms with Crippen molar-refractivity contribution in [2.24, 2.45) is 0 Å². The molecule has 0 N–H and O–H groups in total. The molecule has 0 heterocycles. The van der Waals surface area contributed by atoms with E-state index >= 15 is 0 Å². The van der Waals surface area contributed by atoms with Gasteiger partial charge < -0.3 is 0 Å². The van der Waals surface area contributed by atoms with Gasteiger partial charge in [0.2, 0.25) is 0 Å². The lowest BCUT2D eigenvalue weighted by molar-refractivity contribution is 0.596. The van der Waals surface area contributed by atoms with Crippen LogP contribution in [0.3, 0.4) is 0 Å². The average molecular weight is 246 g/mol. The smallest absolute Gasteiger partial charge is 0.0361 e. The van der Waals surface area contributed by atoms with E-state index in [1.165, 1.54) is 19.3 Å². The first-order valence-electron chi connectivity index (χ1n) is 5.04. The van der Waals surface area contributed by atoms with Gasteiger partial charge in [-0.05, 0) is 19.3 Å². The van der Waals surface area contributed by atoms with Crippen LogP contribution >= 0.6 is 34.8 Å². The van der Waals surface area contributed by atoms with Gasteiger partial charge in [0.15, 0.2) is 0 Å². The molecule has 0 aromatic rings. The second kappa shape index (κ2) is 9.43. The summed E-state index contributed by atoms with van der Waals surface area (Å²) < 4.78 is 0. The Morgan fingerprint density at radius 2 is 1.62 bits per heavy atom. The molecule has 0 bridgehead atoms. The number of unbranched alkanes of at least 4 members (excludes halogenated alkanes) is 2. The molecule has 0 amide bonds. The lowest BCUT2D eigenvalue weighted by Gasteiger charge is -2.12. The Balaban J connectivity index is 3.32. The van der Waals surface area contributed by atoms with Crippen LogP contribution in [0.5, 0.6) is 0 Å². The average Bonchev–Trinajstić information content (AvgIpc) is 2.05. The molecule has 0 spiro atoms. The molecule has 0 aliphatic carbocycles. The molecule has 0 saturated heterocycles. The molecule has 3 heteroatoms. The van der Waals surface area contributed by atoms with Crippen molar-refractivity contribution in [2.45, 2.75) is 56.2 Å². The Labute approximate surface area is 96.9 Å². The minimum Gasteiger partial charge on any atom is -0.127 e. The van der Waals surface area contributed by atoms with Gasteiger partial charge in [0.1, 0.15) is 0 Å². The molecule has 0 radical (unpaired) electrons. The third-order valence-corrected chi connectivity index (χ3v) is 3.07. The van der Waals surface area contributed by atoms with Crippen LogP contribution in [0.2, 0.25) is 0 Å². The first-order valence-corrected chi connectivity index (χ1v) is 6.45. The van der Waals surface area contributed by atoms with E-state index in [4.69, 9.17) is 34.8 Å². The summed E-state index contributed by atoms with van der Waals surface area (Å²) in [5, 5.41) is 0.388. The zero-order valence-corrected chi connectivity index (χ0v) is 10.5. The summed E-state index contributed by atoms with van der Waals surface area (Å²) >= 11 is 17.7. The molecule has 0 aromatic carbocycles. The van der Waals surface area contributed by atoms with Crippen molar-refractivity contribution in [1.82, 2.24) is 0 Å². The highest BCUT2D eigenvalue weighted by atomic mass is 35.5. The summed E-state index contributed by atoms with van der Waals surface area (Å²) in [5.74, 6) is 0.632. The Bertz CT molecular complexity index is 106. The topological polar surface area (TPSA) is 0 Å². The van der Waals surface area contributed by atoms with Gasteiger partial charge in [-0.2, -0.15) is 0 Å². The van der Waals surface area contributed by atoms with Gasteiger partial charge in [0.05, 0.1) is 0 Å². The van der Waals surface area contributed by atoms with E-state index in [1.54, 1.807) is 0 Å². The quantitative estimate of drug-likeness (QED) is 0.426. The van der Waals surface area contributed by atoms with E-state index in [0.717, 1.165) is 19.3 Å². The van der Waals surface area contributed by atoms with Gasteiger partial charge in [0, 0.05) is 16.6 Å². The highest BCUT2D eigenvalue weighted by molar-refractivity contribution is 6.24. The maximum atomic E-state index is 6.12. The number of rotatable bonds is 8. The first kappa shape index (κ1) is 13.9. The van der Waals surface area contributed by atoms with Crippen LogP contribution in [0, 0.1) is 0 Å². The fourth-order valence-corrected chi connectivity index (χ4v) is 2.41. The number of alkyl halides is 3. The second-order valence-electron chi connectivity index (χ2n) is 3.40. The molecule has 0 rings (SSSR count). The number of halogens is 3. The predicted molar refractivity (Wildman–Crippen MR) is 63.4 cm³/mol. The van der Waals surface area contributed by atoms with Crippen molar-refractivity contribution in [3.05, 3.63) is 0 Å². The molecule has 2 atom stereocenters. The van der Waals surface area contributed by atoms with Crippen LogP contribution in [0.25, 0.3) is 0 Å². The van der Waals surface area contributed by atoms with Gasteiger partial charge in [-0.3, -0.25) is 0 Å². The highest BCUT2D eigenvalue weighted by Crippen LogP contribution is 2.19. The van der Waals surface area contributed by atoms with Crippen molar-refractivity contribution in [1.29, 1.82) is 0 Å². The van der Waals surface area contributed by atoms with Crippen molar-refractivity contribution >= 4 is 34.8 Å². The standard InChI is InChI=1S/C10H19Cl3/c1-2-3-4-5-9(12)8-10(13)6-7-11/h9-10H,2-8H2,1H3. The molecule has 80 valence electrons. The van der Waals surface area contributed by atoms with Crippen LogP contribution < -0.4 is 0 Å². The Morgan fingerprint density at radius 3 is 2.15 bits per heavy atom. The summed E-state index contributed by atoms with van der Waals surface area (Å²) in [7, 11) is 0. The van der Waals surface area contributed by atoms with Crippen LogP contribution in [-0.4, -0.2) is 16.6 Å². The lowest BCUT2D eigenvalue weighted by Crippen LogP contribution is -2.09. The molecule has 2 unspecified atom stereocenters. The van der Waals surface area contributed by atoms with E-state index in [-0.39, 0.29) is 10.8 Å². The van der Waals surface area contributed by atoms with Crippen molar-refractivity contribution in [3.8, 4) is 0 Å². The highest BCUT2D eigenvalue weighted by Gasteiger charge is 2.11. The molecule has 0 aromatic heterocycles. The number of hydrogen-bond donors (Lipinski definition) is 0. The lowest BCUT2D eigenvalue weighted by atomic mass is 10.1. The summed E-state index contributed by atoms with van der Waals surface area (Å²) in [6.45, 7) is 2.20. The van der Waals surface area contributed by atoms with E-state index in [0.29, 0.717) is 5.88 Å². The maximum Gasteiger partial charge on any atom is 0.0361 e. The third-order valence-electron chi connectivity index (χ3n) is 2.05. The molecular formula is C10H19Cl3. The molecule has 0 aliphatic heterocycles. The minimum atomic E-state index is 0.154. The van der Waals surface area contributed by atoms with Crippen LogP contribution in [0.15, 0.2) is 0 Å². The molecule has 0 aliphatic rings. The van der Waals surface area contributed by atoms with Crippen molar-refractivity contribution in [2.75, 3.05) is 5.88 Å². The van der Waals surface area contributed by atoms with Gasteiger partial charge >= 0.3 is 0 Å². The number of hydrogen-bond acceptors (Lipinski definition) is 0. The van der Waals surface area contributed by atoms with Gasteiger partial charge in [-0.1, -0.05) is 26.2 Å². The van der Waals surface area contributed by atoms with E-state index < -0.39 is 0 Å². The SMILES string of the molecule is CCCCCC(Cl)CC(Cl)CCCl. The fourth-order valence-electron chi connectivity index (χ4n) is 1.25. The normalized spacial score (nSPS) is 15.7. The largest absolute Gasteiger partial charge is 0.127 e. The predicted octanol–water partition coefficient (Wildman–Crippen LogP) is 4.80. The van der Waals surface area contributed by atoms with Gasteiger partial charge in [-0.15, -0.1) is 34.8 Å². The fraction of sp³-hybridized carbons (Fsp3) is 1.00. The van der Waals surface area contributed by atoms with Gasteiger partial charge in [-0.25, -0.2) is 0 Å². The summed E-state index contributed by atoms with van der Waals surface area (Å²) in [5.41, 5.74) is 0. The zero-order chi connectivity index (χ0) is 10.1. The molecule has 0 fully saturated rings. The van der Waals surface area contributed by atoms with E-state index in [9.17, 15) is 0 Å². The van der Waals surface area contributed by atoms with E-state index in [1.807, 2.05) is 0 Å². The maximum absolute atomic E-state index is 6.12. The minimum absolute atomic E-state index is 0.154. The third kappa shape index (κ3) is 9.18. The van der Waals surface area contributed by atoms with Crippen LogP contribution in [0.1, 0.15) is 45.4 Å². The van der Waals surface area contributed by atoms with Crippen molar-refractivity contribution in [3.63, 3.8) is 0 Å². The summed E-state index contributed by atoms with van der Waals surface area (Å²) in [6.07, 6.45) is 6.57. The second-order valence-corrected chi connectivity index (χ2v) is 5.02. The van der Waals surface area contributed by atoms with E-state index in [2.05, 4.69) is 6.92 Å². The van der Waals surface area contributed by atoms with Crippen LogP contribution in [-0.2, 0) is 0 Å². The summed E-state index contributed by atoms with van der Waals surface area (Å²) in [4.78, 5) is 0. The van der Waals surface area contributed by atoms with Crippen molar-refractivity contribution < 1.29 is 0 Å². The molecular weight excluding hydrogens is 226 g/mol. The van der Waals surface area contributed by atoms with Crippen LogP contribution in [0.4, 0.5) is 0 Å². The molecule has 0 saturated carbocycles. The monoisotopic (exact) mass is 244 g/mol. The molecule has 0 nitrogen and oxygen atoms in total. The first-order chi connectivity index (χ1) is 6.20. The van der Waals surface area contributed by atoms with Gasteiger partial charge in [0.25, 0.3) is 0 Å². The summed E-state index contributed by atoms with van der Waals surface area (Å²) in [6, 6.07) is 0. The Morgan fingerprint density at radius 1 is 1.00 bits per heavy atom.